The molecule has 1 N–H and O–H groups in total. The van der Waals surface area contributed by atoms with E-state index < -0.39 is 0 Å². The SMILES string of the molecule is COCCSc1ccc([C@H](C)Nc2nccnc2C#N)cc1. The van der Waals surface area contributed by atoms with Crippen LogP contribution in [-0.4, -0.2) is 29.4 Å². The van der Waals surface area contributed by atoms with Gasteiger partial charge in [0.25, 0.3) is 0 Å². The van der Waals surface area contributed by atoms with Gasteiger partial charge in [-0.15, -0.1) is 11.8 Å². The Hall–Kier alpha value is -2.10. The molecule has 0 unspecified atom stereocenters. The summed E-state index contributed by atoms with van der Waals surface area (Å²) in [6.45, 7) is 2.77. The number of thioether (sulfide) groups is 1. The lowest BCUT2D eigenvalue weighted by Crippen LogP contribution is -2.09. The lowest BCUT2D eigenvalue weighted by atomic mass is 10.1. The second-order valence-electron chi connectivity index (χ2n) is 4.64. The first kappa shape index (κ1) is 16.3. The molecule has 1 atom stereocenters. The molecule has 1 aromatic heterocycles. The Labute approximate surface area is 134 Å². The molecule has 0 radical (unpaired) electrons. The van der Waals surface area contributed by atoms with E-state index in [1.54, 1.807) is 25.1 Å². The summed E-state index contributed by atoms with van der Waals surface area (Å²) >= 11 is 1.76. The predicted molar refractivity (Wildman–Crippen MR) is 87.8 cm³/mol. The van der Waals surface area contributed by atoms with E-state index in [0.29, 0.717) is 11.5 Å². The van der Waals surface area contributed by atoms with Crippen LogP contribution in [0.1, 0.15) is 24.2 Å². The number of ether oxygens (including phenoxy) is 1. The van der Waals surface area contributed by atoms with Gasteiger partial charge < -0.3 is 10.1 Å². The highest BCUT2D eigenvalue weighted by atomic mass is 32.2. The Morgan fingerprint density at radius 1 is 1.27 bits per heavy atom. The Balaban J connectivity index is 2.00. The molecule has 2 aromatic rings. The number of nitriles is 1. The third kappa shape index (κ3) is 4.45. The standard InChI is InChI=1S/C16H18N4OS/c1-12(20-16-15(11-17)18-7-8-19-16)13-3-5-14(6-4-13)22-10-9-21-2/h3-8,12H,9-10H2,1-2H3,(H,19,20)/t12-/m0/s1. The lowest BCUT2D eigenvalue weighted by molar-refractivity contribution is 0.218. The van der Waals surface area contributed by atoms with Gasteiger partial charge in [-0.2, -0.15) is 5.26 Å². The normalized spacial score (nSPS) is 11.7. The van der Waals surface area contributed by atoms with Crippen LogP contribution in [0, 0.1) is 11.3 Å². The van der Waals surface area contributed by atoms with Gasteiger partial charge in [-0.1, -0.05) is 12.1 Å². The summed E-state index contributed by atoms with van der Waals surface area (Å²) in [5.74, 6) is 1.45. The number of methoxy groups -OCH3 is 1. The Morgan fingerprint density at radius 3 is 2.68 bits per heavy atom. The van der Waals surface area contributed by atoms with E-state index in [9.17, 15) is 0 Å². The minimum absolute atomic E-state index is 0.0434. The van der Waals surface area contributed by atoms with Crippen molar-refractivity contribution in [2.75, 3.05) is 24.8 Å². The van der Waals surface area contributed by atoms with Gasteiger partial charge in [0.1, 0.15) is 6.07 Å². The number of nitrogens with one attached hydrogen (secondary N) is 1. The monoisotopic (exact) mass is 314 g/mol. The van der Waals surface area contributed by atoms with Crippen LogP contribution >= 0.6 is 11.8 Å². The Kier molecular flexibility index (Phi) is 6.19. The van der Waals surface area contributed by atoms with Crippen molar-refractivity contribution in [3.8, 4) is 6.07 Å². The number of benzene rings is 1. The highest BCUT2D eigenvalue weighted by Crippen LogP contribution is 2.23. The highest BCUT2D eigenvalue weighted by molar-refractivity contribution is 7.99. The van der Waals surface area contributed by atoms with Crippen LogP contribution < -0.4 is 5.32 Å². The number of anilines is 1. The van der Waals surface area contributed by atoms with Gasteiger partial charge in [0.05, 0.1) is 12.6 Å². The smallest absolute Gasteiger partial charge is 0.182 e. The van der Waals surface area contributed by atoms with E-state index in [-0.39, 0.29) is 6.04 Å². The first-order chi connectivity index (χ1) is 10.7. The van der Waals surface area contributed by atoms with E-state index in [1.165, 1.54) is 11.1 Å². The number of nitrogens with zero attached hydrogens (tertiary/aromatic N) is 3. The molecule has 0 fully saturated rings. The van der Waals surface area contributed by atoms with E-state index in [4.69, 9.17) is 10.00 Å². The van der Waals surface area contributed by atoms with Crippen molar-refractivity contribution in [2.45, 2.75) is 17.9 Å². The van der Waals surface area contributed by atoms with Crippen LogP contribution in [0.25, 0.3) is 0 Å². The molecule has 22 heavy (non-hydrogen) atoms. The van der Waals surface area contributed by atoms with Crippen LogP contribution in [0.3, 0.4) is 0 Å². The highest BCUT2D eigenvalue weighted by Gasteiger charge is 2.10. The van der Waals surface area contributed by atoms with Crippen molar-refractivity contribution in [3.63, 3.8) is 0 Å². The van der Waals surface area contributed by atoms with Crippen molar-refractivity contribution < 1.29 is 4.74 Å². The molecule has 5 nitrogen and oxygen atoms in total. The maximum absolute atomic E-state index is 9.04. The molecule has 0 aliphatic heterocycles. The number of hydrogen-bond donors (Lipinski definition) is 1. The first-order valence-corrected chi connectivity index (χ1v) is 7.92. The molecular weight excluding hydrogens is 296 g/mol. The van der Waals surface area contributed by atoms with Gasteiger partial charge in [0, 0.05) is 30.2 Å². The Bertz CT molecular complexity index is 639. The van der Waals surface area contributed by atoms with Gasteiger partial charge in [-0.3, -0.25) is 0 Å². The second-order valence-corrected chi connectivity index (χ2v) is 5.81. The van der Waals surface area contributed by atoms with Crippen LogP contribution in [0.5, 0.6) is 0 Å². The summed E-state index contributed by atoms with van der Waals surface area (Å²) in [7, 11) is 1.71. The van der Waals surface area contributed by atoms with E-state index in [0.717, 1.165) is 17.9 Å². The van der Waals surface area contributed by atoms with Gasteiger partial charge in [-0.25, -0.2) is 9.97 Å². The summed E-state index contributed by atoms with van der Waals surface area (Å²) in [6.07, 6.45) is 3.09. The van der Waals surface area contributed by atoms with Gasteiger partial charge >= 0.3 is 0 Å². The van der Waals surface area contributed by atoms with E-state index in [2.05, 4.69) is 39.6 Å². The topological polar surface area (TPSA) is 70.8 Å². The fourth-order valence-electron chi connectivity index (χ4n) is 1.91. The molecule has 2 rings (SSSR count). The molecule has 1 heterocycles. The largest absolute Gasteiger partial charge is 0.384 e. The molecule has 0 bridgehead atoms. The first-order valence-electron chi connectivity index (χ1n) is 6.94. The molecule has 0 spiro atoms. The molecule has 0 aliphatic rings. The minimum atomic E-state index is 0.0434. The second kappa shape index (κ2) is 8.37. The zero-order chi connectivity index (χ0) is 15.8. The number of hydrogen-bond acceptors (Lipinski definition) is 6. The van der Waals surface area contributed by atoms with Gasteiger partial charge in [-0.05, 0) is 24.6 Å². The molecule has 0 aliphatic carbocycles. The average molecular weight is 314 g/mol. The van der Waals surface area contributed by atoms with Crippen molar-refractivity contribution in [1.82, 2.24) is 9.97 Å². The van der Waals surface area contributed by atoms with Crippen molar-refractivity contribution in [2.24, 2.45) is 0 Å². The molecule has 0 saturated carbocycles. The summed E-state index contributed by atoms with van der Waals surface area (Å²) in [6, 6.07) is 10.4. The maximum Gasteiger partial charge on any atom is 0.182 e. The van der Waals surface area contributed by atoms with Crippen LogP contribution in [-0.2, 0) is 4.74 Å². The molecule has 0 amide bonds. The van der Waals surface area contributed by atoms with Crippen LogP contribution in [0.4, 0.5) is 5.82 Å². The zero-order valence-corrected chi connectivity index (χ0v) is 13.4. The average Bonchev–Trinajstić information content (AvgIpc) is 2.56. The van der Waals surface area contributed by atoms with Crippen LogP contribution in [0.2, 0.25) is 0 Å². The summed E-state index contributed by atoms with van der Waals surface area (Å²) in [5.41, 5.74) is 1.44. The van der Waals surface area contributed by atoms with Crippen LogP contribution in [0.15, 0.2) is 41.6 Å². The minimum Gasteiger partial charge on any atom is -0.384 e. The fourth-order valence-corrected chi connectivity index (χ4v) is 2.72. The zero-order valence-electron chi connectivity index (χ0n) is 12.6. The van der Waals surface area contributed by atoms with E-state index in [1.807, 2.05) is 13.0 Å². The molecule has 114 valence electrons. The van der Waals surface area contributed by atoms with Gasteiger partial charge in [0.15, 0.2) is 11.5 Å². The van der Waals surface area contributed by atoms with Crippen molar-refractivity contribution in [3.05, 3.63) is 47.9 Å². The number of aromatic nitrogens is 2. The van der Waals surface area contributed by atoms with Crippen molar-refractivity contribution in [1.29, 1.82) is 5.26 Å². The maximum atomic E-state index is 9.04. The summed E-state index contributed by atoms with van der Waals surface area (Å²) < 4.78 is 5.04. The molecule has 6 heteroatoms. The molecule has 1 aromatic carbocycles. The van der Waals surface area contributed by atoms with E-state index >= 15 is 0 Å². The number of rotatable bonds is 7. The van der Waals surface area contributed by atoms with Crippen molar-refractivity contribution >= 4 is 17.6 Å². The summed E-state index contributed by atoms with van der Waals surface area (Å²) in [4.78, 5) is 9.38. The third-order valence-corrected chi connectivity index (χ3v) is 4.07. The molecular formula is C16H18N4OS. The predicted octanol–water partition coefficient (Wildman–Crippen LogP) is 3.26. The quantitative estimate of drug-likeness (QED) is 0.625. The summed E-state index contributed by atoms with van der Waals surface area (Å²) in [5, 5.41) is 12.3. The third-order valence-electron chi connectivity index (χ3n) is 3.09. The lowest BCUT2D eigenvalue weighted by Gasteiger charge is -2.15. The molecule has 0 saturated heterocycles. The Morgan fingerprint density at radius 2 is 2.00 bits per heavy atom. The fraction of sp³-hybridized carbons (Fsp3) is 0.312. The van der Waals surface area contributed by atoms with Gasteiger partial charge in [0.2, 0.25) is 0 Å².